The summed E-state index contributed by atoms with van der Waals surface area (Å²) in [5, 5.41) is 4.91. The first kappa shape index (κ1) is 14.0. The third kappa shape index (κ3) is 2.90. The molecule has 0 N–H and O–H groups in total. The highest BCUT2D eigenvalue weighted by Gasteiger charge is 2.16. The highest BCUT2D eigenvalue weighted by atomic mass is 79.9. The van der Waals surface area contributed by atoms with Crippen molar-refractivity contribution < 1.29 is 13.5 Å². The number of halogens is 3. The summed E-state index contributed by atoms with van der Waals surface area (Å²) < 4.78 is 31.7. The third-order valence-corrected chi connectivity index (χ3v) is 3.64. The van der Waals surface area contributed by atoms with Crippen LogP contribution in [0.4, 0.5) is 8.78 Å². The van der Waals surface area contributed by atoms with Gasteiger partial charge in [-0.3, -0.25) is 4.68 Å². The van der Waals surface area contributed by atoms with E-state index in [1.165, 1.54) is 6.07 Å². The molecule has 0 aliphatic carbocycles. The summed E-state index contributed by atoms with van der Waals surface area (Å²) in [7, 11) is 0. The van der Waals surface area contributed by atoms with E-state index in [-0.39, 0.29) is 5.75 Å². The van der Waals surface area contributed by atoms with Gasteiger partial charge in [0.2, 0.25) is 0 Å². The second-order valence-electron chi connectivity index (χ2n) is 4.46. The third-order valence-electron chi connectivity index (χ3n) is 3.09. The fourth-order valence-electron chi connectivity index (χ4n) is 2.22. The van der Waals surface area contributed by atoms with E-state index in [2.05, 4.69) is 25.8 Å². The van der Waals surface area contributed by atoms with Crippen molar-refractivity contribution in [2.24, 2.45) is 0 Å². The number of hydrogen-bond donors (Lipinski definition) is 0. The van der Waals surface area contributed by atoms with Crippen LogP contribution in [0.5, 0.6) is 5.75 Å². The zero-order valence-corrected chi connectivity index (χ0v) is 12.4. The Labute approximate surface area is 128 Å². The minimum absolute atomic E-state index is 0.119. The fraction of sp³-hybridized carbons (Fsp3) is 0.133. The van der Waals surface area contributed by atoms with Crippen LogP contribution in [0.3, 0.4) is 0 Å². The second kappa shape index (κ2) is 5.81. The minimum atomic E-state index is -2.86. The molecule has 0 saturated carbocycles. The molecule has 0 atom stereocenters. The maximum absolute atomic E-state index is 12.5. The Bertz CT molecular complexity index is 759. The molecule has 0 unspecified atom stereocenters. The van der Waals surface area contributed by atoms with Crippen molar-refractivity contribution in [1.82, 2.24) is 9.78 Å². The number of alkyl halides is 2. The summed E-state index contributed by atoms with van der Waals surface area (Å²) in [5.41, 5.74) is 1.82. The molecule has 108 valence electrons. The number of fused-ring (bicyclic) bond motifs is 1. The van der Waals surface area contributed by atoms with E-state index < -0.39 is 6.61 Å². The smallest absolute Gasteiger partial charge is 0.387 e. The molecule has 6 heteroatoms. The van der Waals surface area contributed by atoms with E-state index in [0.717, 1.165) is 11.1 Å². The van der Waals surface area contributed by atoms with Crippen molar-refractivity contribution >= 4 is 26.8 Å². The molecule has 3 rings (SSSR count). The molecule has 0 radical (unpaired) electrons. The summed E-state index contributed by atoms with van der Waals surface area (Å²) in [5.74, 6) is 0.119. The summed E-state index contributed by atoms with van der Waals surface area (Å²) in [6, 6.07) is 14.8. The van der Waals surface area contributed by atoms with E-state index in [1.807, 2.05) is 36.4 Å². The van der Waals surface area contributed by atoms with E-state index in [9.17, 15) is 8.78 Å². The van der Waals surface area contributed by atoms with Gasteiger partial charge >= 0.3 is 6.61 Å². The van der Waals surface area contributed by atoms with Crippen molar-refractivity contribution in [2.75, 3.05) is 0 Å². The van der Waals surface area contributed by atoms with Crippen LogP contribution in [0.15, 0.2) is 53.1 Å². The molecular formula is C15H11BrF2N2O. The monoisotopic (exact) mass is 352 g/mol. The first-order valence-electron chi connectivity index (χ1n) is 6.29. The molecule has 0 amide bonds. The van der Waals surface area contributed by atoms with Gasteiger partial charge in [0.25, 0.3) is 0 Å². The van der Waals surface area contributed by atoms with E-state index in [4.69, 9.17) is 0 Å². The zero-order valence-electron chi connectivity index (χ0n) is 10.8. The average molecular weight is 353 g/mol. The minimum Gasteiger partial charge on any atom is -0.434 e. The lowest BCUT2D eigenvalue weighted by molar-refractivity contribution is -0.0488. The summed E-state index contributed by atoms with van der Waals surface area (Å²) in [6.45, 7) is -2.30. The Morgan fingerprint density at radius 2 is 1.86 bits per heavy atom. The topological polar surface area (TPSA) is 27.1 Å². The quantitative estimate of drug-likeness (QED) is 0.693. The molecule has 0 bridgehead atoms. The van der Waals surface area contributed by atoms with Gasteiger partial charge in [-0.2, -0.15) is 13.9 Å². The number of aromatic nitrogens is 2. The average Bonchev–Trinajstić information content (AvgIpc) is 2.77. The van der Waals surface area contributed by atoms with Gasteiger partial charge in [0.05, 0.1) is 17.4 Å². The molecule has 0 aliphatic heterocycles. The number of hydrogen-bond acceptors (Lipinski definition) is 2. The standard InChI is InChI=1S/C15H11BrF2N2O/c16-14-13-11(7-4-8-12(13)21-15(17)18)20(19-14)9-10-5-2-1-3-6-10/h1-8,15H,9H2. The maximum atomic E-state index is 12.5. The Kier molecular flexibility index (Phi) is 3.88. The van der Waals surface area contributed by atoms with Gasteiger partial charge in [-0.25, -0.2) is 0 Å². The molecule has 3 aromatic rings. The van der Waals surface area contributed by atoms with Crippen molar-refractivity contribution in [3.05, 3.63) is 58.7 Å². The van der Waals surface area contributed by atoms with Gasteiger partial charge < -0.3 is 4.74 Å². The van der Waals surface area contributed by atoms with Gasteiger partial charge in [0.15, 0.2) is 0 Å². The van der Waals surface area contributed by atoms with E-state index >= 15 is 0 Å². The largest absolute Gasteiger partial charge is 0.434 e. The molecule has 21 heavy (non-hydrogen) atoms. The maximum Gasteiger partial charge on any atom is 0.387 e. The van der Waals surface area contributed by atoms with Crippen LogP contribution in [-0.2, 0) is 6.54 Å². The molecular weight excluding hydrogens is 342 g/mol. The van der Waals surface area contributed by atoms with Crippen molar-refractivity contribution in [3.63, 3.8) is 0 Å². The highest BCUT2D eigenvalue weighted by molar-refractivity contribution is 9.10. The van der Waals surface area contributed by atoms with Gasteiger partial charge in [0.1, 0.15) is 10.4 Å². The van der Waals surface area contributed by atoms with Gasteiger partial charge in [0, 0.05) is 0 Å². The summed E-state index contributed by atoms with van der Waals surface area (Å²) in [6.07, 6.45) is 0. The Morgan fingerprint density at radius 3 is 2.57 bits per heavy atom. The predicted molar refractivity (Wildman–Crippen MR) is 79.6 cm³/mol. The summed E-state index contributed by atoms with van der Waals surface area (Å²) in [4.78, 5) is 0. The lowest BCUT2D eigenvalue weighted by atomic mass is 10.2. The van der Waals surface area contributed by atoms with Gasteiger partial charge in [-0.1, -0.05) is 36.4 Å². The molecule has 0 aliphatic rings. The fourth-order valence-corrected chi connectivity index (χ4v) is 2.81. The Balaban J connectivity index is 2.05. The van der Waals surface area contributed by atoms with Crippen LogP contribution in [0.25, 0.3) is 10.9 Å². The second-order valence-corrected chi connectivity index (χ2v) is 5.21. The van der Waals surface area contributed by atoms with Crippen LogP contribution in [0.1, 0.15) is 5.56 Å². The molecule has 1 aromatic heterocycles. The molecule has 2 aromatic carbocycles. The van der Waals surface area contributed by atoms with Crippen LogP contribution in [0, 0.1) is 0 Å². The molecule has 0 fully saturated rings. The predicted octanol–water partition coefficient (Wildman–Crippen LogP) is 4.45. The summed E-state index contributed by atoms with van der Waals surface area (Å²) >= 11 is 3.32. The van der Waals surface area contributed by atoms with Crippen molar-refractivity contribution in [1.29, 1.82) is 0 Å². The normalized spacial score (nSPS) is 11.2. The molecule has 0 saturated heterocycles. The van der Waals surface area contributed by atoms with Crippen LogP contribution >= 0.6 is 15.9 Å². The van der Waals surface area contributed by atoms with Gasteiger partial charge in [-0.05, 0) is 33.6 Å². The number of ether oxygens (including phenoxy) is 1. The molecule has 3 nitrogen and oxygen atoms in total. The first-order chi connectivity index (χ1) is 10.1. The van der Waals surface area contributed by atoms with Crippen LogP contribution in [0.2, 0.25) is 0 Å². The lowest BCUT2D eigenvalue weighted by Crippen LogP contribution is -2.03. The Morgan fingerprint density at radius 1 is 1.10 bits per heavy atom. The first-order valence-corrected chi connectivity index (χ1v) is 7.08. The Hall–Kier alpha value is -1.95. The van der Waals surface area contributed by atoms with Crippen LogP contribution < -0.4 is 4.74 Å². The molecule has 1 heterocycles. The number of benzene rings is 2. The zero-order chi connectivity index (χ0) is 14.8. The van der Waals surface area contributed by atoms with E-state index in [0.29, 0.717) is 16.5 Å². The SMILES string of the molecule is FC(F)Oc1cccc2c1c(Br)nn2Cc1ccccc1. The molecule has 0 spiro atoms. The lowest BCUT2D eigenvalue weighted by Gasteiger charge is -2.07. The highest BCUT2D eigenvalue weighted by Crippen LogP contribution is 2.33. The van der Waals surface area contributed by atoms with Crippen molar-refractivity contribution in [2.45, 2.75) is 13.2 Å². The van der Waals surface area contributed by atoms with E-state index in [1.54, 1.807) is 10.7 Å². The number of nitrogens with zero attached hydrogens (tertiary/aromatic N) is 2. The van der Waals surface area contributed by atoms with Gasteiger partial charge in [-0.15, -0.1) is 0 Å². The van der Waals surface area contributed by atoms with Crippen LogP contribution in [-0.4, -0.2) is 16.4 Å². The van der Waals surface area contributed by atoms with Crippen molar-refractivity contribution in [3.8, 4) is 5.75 Å². The number of rotatable bonds is 4.